The second kappa shape index (κ2) is 10.7. The first kappa shape index (κ1) is 26.3. The second-order valence-corrected chi connectivity index (χ2v) is 8.62. The smallest absolute Gasteiger partial charge is 0.456 e. The summed E-state index contributed by atoms with van der Waals surface area (Å²) in [5, 5.41) is 9.25. The van der Waals surface area contributed by atoms with Crippen LogP contribution in [-0.4, -0.2) is 42.9 Å². The second-order valence-electron chi connectivity index (χ2n) is 8.62. The van der Waals surface area contributed by atoms with Crippen LogP contribution < -0.4 is 16.0 Å². The Morgan fingerprint density at radius 1 is 1.11 bits per heavy atom. The van der Waals surface area contributed by atoms with Crippen LogP contribution in [0.5, 0.6) is 6.01 Å². The first-order valence-corrected chi connectivity index (χ1v) is 11.8. The third-order valence-electron chi connectivity index (χ3n) is 6.00. The lowest BCUT2D eigenvalue weighted by Gasteiger charge is -2.24. The lowest BCUT2D eigenvalue weighted by atomic mass is 9.99. The van der Waals surface area contributed by atoms with Gasteiger partial charge in [0.05, 0.1) is 6.54 Å². The summed E-state index contributed by atoms with van der Waals surface area (Å²) >= 11 is 0. The van der Waals surface area contributed by atoms with Crippen molar-refractivity contribution >= 4 is 11.2 Å². The van der Waals surface area contributed by atoms with Gasteiger partial charge in [0.25, 0.3) is 11.6 Å². The largest absolute Gasteiger partial charge is 0.573 e. The maximum Gasteiger partial charge on any atom is 0.573 e. The number of hydrogen-bond donors (Lipinski definition) is 1. The fraction of sp³-hybridized carbons (Fsp3) is 0.400. The summed E-state index contributed by atoms with van der Waals surface area (Å²) < 4.78 is 52.4. The number of fused-ring (bicyclic) bond motifs is 1. The molecule has 1 aliphatic rings. The van der Waals surface area contributed by atoms with Crippen molar-refractivity contribution in [3.8, 4) is 6.01 Å². The van der Waals surface area contributed by atoms with Crippen molar-refractivity contribution in [3.05, 3.63) is 80.7 Å². The number of rotatable bonds is 9. The molecular weight excluding hydrogens is 493 g/mol. The fourth-order valence-corrected chi connectivity index (χ4v) is 4.17. The zero-order valence-corrected chi connectivity index (χ0v) is 20.3. The van der Waals surface area contributed by atoms with Crippen molar-refractivity contribution < 1.29 is 27.8 Å². The van der Waals surface area contributed by atoms with Crippen molar-refractivity contribution in [2.75, 3.05) is 6.61 Å². The molecule has 0 aliphatic heterocycles. The molecule has 3 aromatic rings. The number of benzene rings is 1. The number of aliphatic hydroxyl groups excluding tert-OH is 1. The summed E-state index contributed by atoms with van der Waals surface area (Å²) in [5.74, 6) is -0.752. The van der Waals surface area contributed by atoms with Gasteiger partial charge < -0.3 is 14.6 Å². The predicted molar refractivity (Wildman–Crippen MR) is 129 cm³/mol. The number of imidazole rings is 1. The lowest BCUT2D eigenvalue weighted by molar-refractivity contribution is -0.303. The molecule has 37 heavy (non-hydrogen) atoms. The average molecular weight is 521 g/mol. The molecule has 0 saturated heterocycles. The Morgan fingerprint density at radius 3 is 2.49 bits per heavy atom. The lowest BCUT2D eigenvalue weighted by Crippen LogP contribution is -2.40. The summed E-state index contributed by atoms with van der Waals surface area (Å²) in [4.78, 5) is 31.0. The third-order valence-corrected chi connectivity index (χ3v) is 6.00. The molecule has 1 aromatic carbocycles. The monoisotopic (exact) mass is 520 g/mol. The first-order chi connectivity index (χ1) is 17.6. The van der Waals surface area contributed by atoms with Crippen molar-refractivity contribution in [1.29, 1.82) is 0 Å². The number of allylic oxidation sites excluding steroid dienone is 1. The number of alkyl halides is 3. The minimum atomic E-state index is -4.86. The molecule has 0 radical (unpaired) electrons. The molecular formula is C25H27F3N4O5. The van der Waals surface area contributed by atoms with Crippen LogP contribution in [0, 0.1) is 5.92 Å². The molecule has 2 atom stereocenters. The highest BCUT2D eigenvalue weighted by atomic mass is 19.4. The summed E-state index contributed by atoms with van der Waals surface area (Å²) in [6.45, 7) is 3.68. The minimum absolute atomic E-state index is 0.0160. The number of hydrogen-bond acceptors (Lipinski definition) is 6. The number of aromatic nitrogens is 4. The highest BCUT2D eigenvalue weighted by molar-refractivity contribution is 5.72. The van der Waals surface area contributed by atoms with Gasteiger partial charge in [-0.1, -0.05) is 43.3 Å². The normalized spacial score (nSPS) is 17.7. The fourth-order valence-electron chi connectivity index (χ4n) is 4.17. The van der Waals surface area contributed by atoms with Gasteiger partial charge in [-0.3, -0.25) is 18.5 Å². The highest BCUT2D eigenvalue weighted by Crippen LogP contribution is 2.29. The molecule has 0 saturated carbocycles. The van der Waals surface area contributed by atoms with Crippen molar-refractivity contribution in [3.63, 3.8) is 0 Å². The Hall–Kier alpha value is -3.80. The Labute approximate surface area is 209 Å². The van der Waals surface area contributed by atoms with E-state index in [1.165, 1.54) is 27.4 Å². The van der Waals surface area contributed by atoms with E-state index in [0.717, 1.165) is 10.1 Å². The Bertz CT molecular complexity index is 1440. The van der Waals surface area contributed by atoms with E-state index in [-0.39, 0.29) is 55.8 Å². The zero-order chi connectivity index (χ0) is 26.7. The van der Waals surface area contributed by atoms with Gasteiger partial charge in [0.1, 0.15) is 11.9 Å². The van der Waals surface area contributed by atoms with E-state index < -0.39 is 29.5 Å². The molecule has 12 heteroatoms. The van der Waals surface area contributed by atoms with E-state index in [4.69, 9.17) is 4.74 Å². The van der Waals surface area contributed by atoms with Crippen LogP contribution in [0.4, 0.5) is 13.2 Å². The predicted octanol–water partition coefficient (Wildman–Crippen LogP) is 3.18. The van der Waals surface area contributed by atoms with E-state index in [1.807, 2.05) is 30.3 Å². The molecule has 0 spiro atoms. The first-order valence-electron chi connectivity index (χ1n) is 11.8. The molecule has 198 valence electrons. The Morgan fingerprint density at radius 2 is 1.84 bits per heavy atom. The van der Waals surface area contributed by atoms with Gasteiger partial charge in [0.15, 0.2) is 11.2 Å². The van der Waals surface area contributed by atoms with Gasteiger partial charge in [0, 0.05) is 25.6 Å². The van der Waals surface area contributed by atoms with Gasteiger partial charge in [-0.15, -0.1) is 13.2 Å². The van der Waals surface area contributed by atoms with Crippen molar-refractivity contribution in [2.45, 2.75) is 52.4 Å². The molecule has 2 aromatic heterocycles. The van der Waals surface area contributed by atoms with Crippen molar-refractivity contribution in [2.24, 2.45) is 5.92 Å². The Kier molecular flexibility index (Phi) is 7.58. The molecule has 4 rings (SSSR count). The van der Waals surface area contributed by atoms with Crippen LogP contribution in [0.25, 0.3) is 11.2 Å². The average Bonchev–Trinajstić information content (AvgIpc) is 3.18. The van der Waals surface area contributed by atoms with E-state index in [1.54, 1.807) is 13.8 Å². The summed E-state index contributed by atoms with van der Waals surface area (Å²) in [7, 11) is 0. The van der Waals surface area contributed by atoms with E-state index in [2.05, 4.69) is 9.72 Å². The summed E-state index contributed by atoms with van der Waals surface area (Å²) in [5.41, 5.74) is -0.120. The SMILES string of the molecule is CCn1c(=O)n(CCCO)c(=O)c2c1nc(OC1C=C(OC(F)(F)F)C=CC1C)n2Cc1ccccc1. The third kappa shape index (κ3) is 5.63. The van der Waals surface area contributed by atoms with E-state index in [0.29, 0.717) is 0 Å². The summed E-state index contributed by atoms with van der Waals surface area (Å²) in [6, 6.07) is 9.16. The number of aliphatic hydroxyl groups is 1. The topological polar surface area (TPSA) is 101 Å². The van der Waals surface area contributed by atoms with Crippen molar-refractivity contribution in [1.82, 2.24) is 18.7 Å². The number of aryl methyl sites for hydroxylation is 1. The molecule has 1 aliphatic carbocycles. The van der Waals surface area contributed by atoms with Crippen LogP contribution in [0.2, 0.25) is 0 Å². The van der Waals surface area contributed by atoms with Gasteiger partial charge in [0.2, 0.25) is 0 Å². The number of halogens is 3. The minimum Gasteiger partial charge on any atom is -0.456 e. The number of ether oxygens (including phenoxy) is 2. The van der Waals surface area contributed by atoms with Gasteiger partial charge in [-0.2, -0.15) is 4.98 Å². The van der Waals surface area contributed by atoms with Crippen LogP contribution in [-0.2, 0) is 24.4 Å². The van der Waals surface area contributed by atoms with Gasteiger partial charge in [-0.25, -0.2) is 4.79 Å². The van der Waals surface area contributed by atoms with E-state index in [9.17, 15) is 27.9 Å². The van der Waals surface area contributed by atoms with Crippen LogP contribution >= 0.6 is 0 Å². The number of nitrogens with zero attached hydrogens (tertiary/aromatic N) is 4. The quantitative estimate of drug-likeness (QED) is 0.465. The Balaban J connectivity index is 1.87. The maximum absolute atomic E-state index is 13.5. The maximum atomic E-state index is 13.5. The van der Waals surface area contributed by atoms with Crippen LogP contribution in [0.3, 0.4) is 0 Å². The molecule has 0 bridgehead atoms. The molecule has 2 unspecified atom stereocenters. The summed E-state index contributed by atoms with van der Waals surface area (Å²) in [6.07, 6.45) is -1.58. The molecule has 2 heterocycles. The van der Waals surface area contributed by atoms with Gasteiger partial charge in [-0.05, 0) is 31.1 Å². The van der Waals surface area contributed by atoms with Crippen LogP contribution in [0.1, 0.15) is 25.8 Å². The van der Waals surface area contributed by atoms with E-state index >= 15 is 0 Å². The molecule has 1 N–H and O–H groups in total. The highest BCUT2D eigenvalue weighted by Gasteiger charge is 2.34. The molecule has 0 fully saturated rings. The molecule has 0 amide bonds. The molecule has 9 nitrogen and oxygen atoms in total. The van der Waals surface area contributed by atoms with Crippen LogP contribution in [0.15, 0.2) is 63.9 Å². The zero-order valence-electron chi connectivity index (χ0n) is 20.3. The van der Waals surface area contributed by atoms with Gasteiger partial charge >= 0.3 is 12.1 Å². The standard InChI is InChI=1S/C25H27F3N4O5/c1-3-30-21-20(22(34)31(24(30)35)12-7-13-33)32(15-17-8-5-4-6-9-17)23(29-21)36-19-14-18(11-10-16(19)2)37-25(26,27)28/h4-6,8-11,14,16,19,33H,3,7,12-13,15H2,1-2H3.